The maximum Gasteiger partial charge on any atom is 0.259 e. The van der Waals surface area contributed by atoms with Gasteiger partial charge in [0.15, 0.2) is 0 Å². The van der Waals surface area contributed by atoms with Crippen molar-refractivity contribution in [1.29, 1.82) is 0 Å². The number of aromatic nitrogens is 1. The number of benzene rings is 1. The lowest BCUT2D eigenvalue weighted by molar-refractivity contribution is -0.122. The molecule has 22 heavy (non-hydrogen) atoms. The quantitative estimate of drug-likeness (QED) is 0.947. The number of fused-ring (bicyclic) bond motifs is 1. The highest BCUT2D eigenvalue weighted by Crippen LogP contribution is 2.17. The van der Waals surface area contributed by atoms with Crippen LogP contribution in [-0.2, 0) is 11.3 Å². The molecule has 0 atom stereocenters. The Morgan fingerprint density at radius 3 is 2.73 bits per heavy atom. The lowest BCUT2D eigenvalue weighted by atomic mass is 9.95. The van der Waals surface area contributed by atoms with Crippen molar-refractivity contribution in [3.63, 3.8) is 0 Å². The minimum atomic E-state index is -0.0885. The van der Waals surface area contributed by atoms with Crippen molar-refractivity contribution < 1.29 is 4.79 Å². The fourth-order valence-corrected chi connectivity index (χ4v) is 3.29. The van der Waals surface area contributed by atoms with Crippen LogP contribution in [-0.4, -0.2) is 16.5 Å². The van der Waals surface area contributed by atoms with Crippen LogP contribution in [0.3, 0.4) is 0 Å². The molecule has 0 saturated heterocycles. The van der Waals surface area contributed by atoms with Gasteiger partial charge >= 0.3 is 0 Å². The van der Waals surface area contributed by atoms with E-state index in [2.05, 4.69) is 5.32 Å². The van der Waals surface area contributed by atoms with Gasteiger partial charge in [-0.25, -0.2) is 0 Å². The SMILES string of the molecule is Cc1cc2ccccc2c(=O)n1CC(=O)NC1CCCCC1. The number of hydrogen-bond donors (Lipinski definition) is 1. The predicted octanol–water partition coefficient (Wildman–Crippen LogP) is 2.76. The summed E-state index contributed by atoms with van der Waals surface area (Å²) in [5.41, 5.74) is 0.733. The Bertz CT molecular complexity index is 742. The zero-order valence-corrected chi connectivity index (χ0v) is 13.0. The van der Waals surface area contributed by atoms with Crippen molar-refractivity contribution >= 4 is 16.7 Å². The number of rotatable bonds is 3. The Hall–Kier alpha value is -2.10. The fraction of sp³-hybridized carbons (Fsp3) is 0.444. The molecule has 0 unspecified atom stereocenters. The van der Waals surface area contributed by atoms with Gasteiger partial charge in [0.25, 0.3) is 5.56 Å². The Balaban J connectivity index is 1.81. The Kier molecular flexibility index (Phi) is 4.27. The number of amides is 1. The van der Waals surface area contributed by atoms with E-state index in [0.717, 1.165) is 23.9 Å². The summed E-state index contributed by atoms with van der Waals surface area (Å²) in [6, 6.07) is 9.75. The number of carbonyl (C=O) groups excluding carboxylic acids is 1. The molecule has 4 heteroatoms. The summed E-state index contributed by atoms with van der Waals surface area (Å²) in [7, 11) is 0. The highest BCUT2D eigenvalue weighted by atomic mass is 16.2. The van der Waals surface area contributed by atoms with Gasteiger partial charge in [0.1, 0.15) is 6.54 Å². The first-order valence-electron chi connectivity index (χ1n) is 8.04. The van der Waals surface area contributed by atoms with E-state index in [-0.39, 0.29) is 24.1 Å². The van der Waals surface area contributed by atoms with Crippen molar-refractivity contribution in [1.82, 2.24) is 9.88 Å². The molecule has 1 aromatic carbocycles. The van der Waals surface area contributed by atoms with Crippen LogP contribution >= 0.6 is 0 Å². The van der Waals surface area contributed by atoms with Gasteiger partial charge in [-0.1, -0.05) is 37.5 Å². The van der Waals surface area contributed by atoms with Crippen LogP contribution in [0, 0.1) is 6.92 Å². The number of carbonyl (C=O) groups is 1. The second kappa shape index (κ2) is 6.34. The second-order valence-electron chi connectivity index (χ2n) is 6.17. The van der Waals surface area contributed by atoms with Gasteiger partial charge in [0, 0.05) is 17.1 Å². The van der Waals surface area contributed by atoms with Crippen molar-refractivity contribution in [2.75, 3.05) is 0 Å². The molecule has 116 valence electrons. The molecule has 0 spiro atoms. The van der Waals surface area contributed by atoms with E-state index >= 15 is 0 Å². The van der Waals surface area contributed by atoms with E-state index in [4.69, 9.17) is 0 Å². The van der Waals surface area contributed by atoms with E-state index in [1.54, 1.807) is 4.57 Å². The smallest absolute Gasteiger partial charge is 0.259 e. The number of nitrogens with zero attached hydrogens (tertiary/aromatic N) is 1. The van der Waals surface area contributed by atoms with Crippen molar-refractivity contribution in [3.8, 4) is 0 Å². The molecule has 1 fully saturated rings. The summed E-state index contributed by atoms with van der Waals surface area (Å²) in [5.74, 6) is -0.0626. The largest absolute Gasteiger partial charge is 0.352 e. The molecule has 2 aromatic rings. The maximum atomic E-state index is 12.6. The second-order valence-corrected chi connectivity index (χ2v) is 6.17. The molecule has 1 heterocycles. The zero-order valence-electron chi connectivity index (χ0n) is 13.0. The van der Waals surface area contributed by atoms with Crippen LogP contribution in [0.2, 0.25) is 0 Å². The summed E-state index contributed by atoms with van der Waals surface area (Å²) >= 11 is 0. The monoisotopic (exact) mass is 298 g/mol. The molecular formula is C18H22N2O2. The highest BCUT2D eigenvalue weighted by Gasteiger charge is 2.17. The number of pyridine rings is 1. The van der Waals surface area contributed by atoms with E-state index in [1.165, 1.54) is 19.3 Å². The molecular weight excluding hydrogens is 276 g/mol. The molecule has 1 amide bonds. The third-order valence-corrected chi connectivity index (χ3v) is 4.50. The van der Waals surface area contributed by atoms with Gasteiger partial charge in [-0.3, -0.25) is 9.59 Å². The van der Waals surface area contributed by atoms with Crippen LogP contribution in [0.15, 0.2) is 35.1 Å². The van der Waals surface area contributed by atoms with Gasteiger partial charge in [-0.15, -0.1) is 0 Å². The summed E-state index contributed by atoms with van der Waals surface area (Å²) in [6.45, 7) is 1.98. The fourth-order valence-electron chi connectivity index (χ4n) is 3.29. The minimum Gasteiger partial charge on any atom is -0.352 e. The average Bonchev–Trinajstić information content (AvgIpc) is 2.52. The summed E-state index contributed by atoms with van der Waals surface area (Å²) in [5, 5.41) is 4.66. The van der Waals surface area contributed by atoms with Crippen molar-refractivity contribution in [3.05, 3.63) is 46.4 Å². The maximum absolute atomic E-state index is 12.6. The molecule has 0 radical (unpaired) electrons. The minimum absolute atomic E-state index is 0.0626. The topological polar surface area (TPSA) is 51.1 Å². The average molecular weight is 298 g/mol. The van der Waals surface area contributed by atoms with Gasteiger partial charge in [-0.05, 0) is 37.3 Å². The zero-order chi connectivity index (χ0) is 15.5. The molecule has 0 aliphatic heterocycles. The van der Waals surface area contributed by atoms with Crippen molar-refractivity contribution in [2.45, 2.75) is 51.6 Å². The summed E-state index contributed by atoms with van der Waals surface area (Å²) < 4.78 is 1.57. The molecule has 1 aliphatic carbocycles. The summed E-state index contributed by atoms with van der Waals surface area (Å²) in [4.78, 5) is 24.8. The Labute approximate surface area is 130 Å². The van der Waals surface area contributed by atoms with E-state index in [1.807, 2.05) is 37.3 Å². The highest BCUT2D eigenvalue weighted by molar-refractivity contribution is 5.82. The lowest BCUT2D eigenvalue weighted by Gasteiger charge is -2.23. The summed E-state index contributed by atoms with van der Waals surface area (Å²) in [6.07, 6.45) is 5.73. The van der Waals surface area contributed by atoms with Crippen LogP contribution in [0.25, 0.3) is 10.8 Å². The molecule has 3 rings (SSSR count). The lowest BCUT2D eigenvalue weighted by Crippen LogP contribution is -2.40. The van der Waals surface area contributed by atoms with Crippen LogP contribution in [0.4, 0.5) is 0 Å². The number of hydrogen-bond acceptors (Lipinski definition) is 2. The first kappa shape index (κ1) is 14.8. The molecule has 4 nitrogen and oxygen atoms in total. The Morgan fingerprint density at radius 1 is 1.23 bits per heavy atom. The molecule has 1 N–H and O–H groups in total. The predicted molar refractivity (Wildman–Crippen MR) is 88.0 cm³/mol. The number of nitrogens with one attached hydrogen (secondary N) is 1. The van der Waals surface area contributed by atoms with Gasteiger partial charge in [0.2, 0.25) is 5.91 Å². The molecule has 1 saturated carbocycles. The van der Waals surface area contributed by atoms with Gasteiger partial charge in [0.05, 0.1) is 0 Å². The normalized spacial score (nSPS) is 15.9. The third-order valence-electron chi connectivity index (χ3n) is 4.50. The van der Waals surface area contributed by atoms with E-state index < -0.39 is 0 Å². The van der Waals surface area contributed by atoms with E-state index in [9.17, 15) is 9.59 Å². The standard InChI is InChI=1S/C18H22N2O2/c1-13-11-14-7-5-6-10-16(14)18(22)20(13)12-17(21)19-15-8-3-2-4-9-15/h5-7,10-11,15H,2-4,8-9,12H2,1H3,(H,19,21). The van der Waals surface area contributed by atoms with Crippen LogP contribution in [0.1, 0.15) is 37.8 Å². The first-order valence-corrected chi connectivity index (χ1v) is 8.04. The van der Waals surface area contributed by atoms with Crippen molar-refractivity contribution in [2.24, 2.45) is 0 Å². The Morgan fingerprint density at radius 2 is 1.95 bits per heavy atom. The van der Waals surface area contributed by atoms with Crippen LogP contribution in [0.5, 0.6) is 0 Å². The van der Waals surface area contributed by atoms with Gasteiger partial charge in [-0.2, -0.15) is 0 Å². The molecule has 1 aliphatic rings. The number of aryl methyl sites for hydroxylation is 1. The molecule has 1 aromatic heterocycles. The molecule has 0 bridgehead atoms. The van der Waals surface area contributed by atoms with Gasteiger partial charge < -0.3 is 9.88 Å². The van der Waals surface area contributed by atoms with Crippen LogP contribution < -0.4 is 10.9 Å². The first-order chi connectivity index (χ1) is 10.6. The van der Waals surface area contributed by atoms with E-state index in [0.29, 0.717) is 5.39 Å². The third kappa shape index (κ3) is 3.06.